The zero-order valence-electron chi connectivity index (χ0n) is 10.2. The predicted molar refractivity (Wildman–Crippen MR) is 64.9 cm³/mol. The normalized spacial score (nSPS) is 32.8. The molecule has 0 aromatic heterocycles. The minimum absolute atomic E-state index is 0.180. The van der Waals surface area contributed by atoms with Gasteiger partial charge in [0.2, 0.25) is 0 Å². The van der Waals surface area contributed by atoms with Crippen LogP contribution in [0.5, 0.6) is 0 Å². The van der Waals surface area contributed by atoms with Crippen molar-refractivity contribution in [2.75, 3.05) is 0 Å². The fourth-order valence-corrected chi connectivity index (χ4v) is 2.85. The smallest absolute Gasteiger partial charge is 0.329 e. The minimum Gasteiger partial charge on any atom is -0.383 e. The maximum Gasteiger partial charge on any atom is 0.329 e. The van der Waals surface area contributed by atoms with Gasteiger partial charge in [0, 0.05) is 0 Å². The molecule has 0 bridgehead atoms. The Balaban J connectivity index is 2.65. The molecule has 0 aromatic rings. The lowest BCUT2D eigenvalue weighted by atomic mass is 9.66. The van der Waals surface area contributed by atoms with Gasteiger partial charge < -0.3 is 5.11 Å². The maximum atomic E-state index is 13.2. The largest absolute Gasteiger partial charge is 0.383 e. The van der Waals surface area contributed by atoms with Crippen LogP contribution in [0.3, 0.4) is 0 Å². The lowest BCUT2D eigenvalue weighted by molar-refractivity contribution is -0.145. The summed E-state index contributed by atoms with van der Waals surface area (Å²) in [5, 5.41) is 9.87. The molecule has 0 atom stereocenters. The van der Waals surface area contributed by atoms with Crippen molar-refractivity contribution < 1.29 is 13.9 Å². The highest BCUT2D eigenvalue weighted by atomic mass is 79.9. The number of hydrogen-bond acceptors (Lipinski definition) is 1. The van der Waals surface area contributed by atoms with E-state index in [0.717, 1.165) is 6.42 Å². The lowest BCUT2D eigenvalue weighted by Gasteiger charge is -2.43. The van der Waals surface area contributed by atoms with E-state index in [2.05, 4.69) is 36.7 Å². The van der Waals surface area contributed by atoms with Crippen LogP contribution in [0.2, 0.25) is 0 Å². The van der Waals surface area contributed by atoms with E-state index in [4.69, 9.17) is 0 Å². The maximum absolute atomic E-state index is 13.2. The van der Waals surface area contributed by atoms with Crippen molar-refractivity contribution in [2.24, 2.45) is 11.3 Å². The second-order valence-corrected chi connectivity index (χ2v) is 6.64. The molecule has 0 heterocycles. The number of alkyl halides is 3. The van der Waals surface area contributed by atoms with Gasteiger partial charge in [-0.25, -0.2) is 0 Å². The SMILES string of the molecule is CCC(C)(C)C1CCC(O)(C(F)(F)Br)CC1. The van der Waals surface area contributed by atoms with Gasteiger partial charge in [0.15, 0.2) is 0 Å². The number of halogens is 3. The average molecular weight is 299 g/mol. The third-order valence-corrected chi connectivity index (χ3v) is 5.09. The zero-order chi connectivity index (χ0) is 12.6. The summed E-state index contributed by atoms with van der Waals surface area (Å²) in [6.07, 6.45) is 2.76. The third kappa shape index (κ3) is 2.76. The summed E-state index contributed by atoms with van der Waals surface area (Å²) < 4.78 is 26.3. The topological polar surface area (TPSA) is 20.2 Å². The summed E-state index contributed by atoms with van der Waals surface area (Å²) in [6.45, 7) is 6.47. The molecule has 16 heavy (non-hydrogen) atoms. The van der Waals surface area contributed by atoms with E-state index < -0.39 is 10.4 Å². The molecule has 1 nitrogen and oxygen atoms in total. The quantitative estimate of drug-likeness (QED) is 0.769. The molecule has 0 amide bonds. The van der Waals surface area contributed by atoms with Crippen molar-refractivity contribution in [2.45, 2.75) is 63.3 Å². The first kappa shape index (κ1) is 14.4. The third-order valence-electron chi connectivity index (χ3n) is 4.36. The Morgan fingerprint density at radius 3 is 2.06 bits per heavy atom. The highest BCUT2D eigenvalue weighted by Gasteiger charge is 2.53. The Morgan fingerprint density at radius 2 is 1.75 bits per heavy atom. The van der Waals surface area contributed by atoms with Gasteiger partial charge in [-0.2, -0.15) is 8.78 Å². The van der Waals surface area contributed by atoms with Crippen molar-refractivity contribution in [3.8, 4) is 0 Å². The molecule has 1 N–H and O–H groups in total. The molecule has 1 saturated carbocycles. The van der Waals surface area contributed by atoms with Gasteiger partial charge in [-0.3, -0.25) is 0 Å². The van der Waals surface area contributed by atoms with E-state index in [0.29, 0.717) is 18.8 Å². The molecule has 0 aromatic carbocycles. The van der Waals surface area contributed by atoms with Crippen LogP contribution in [0.4, 0.5) is 8.78 Å². The van der Waals surface area contributed by atoms with Crippen LogP contribution in [0.25, 0.3) is 0 Å². The summed E-state index contributed by atoms with van der Waals surface area (Å²) in [6, 6.07) is 0. The molecule has 0 aliphatic heterocycles. The molecule has 1 fully saturated rings. The monoisotopic (exact) mass is 298 g/mol. The van der Waals surface area contributed by atoms with E-state index in [9.17, 15) is 13.9 Å². The summed E-state index contributed by atoms with van der Waals surface area (Å²) in [5.74, 6) is 0.438. The molecule has 1 aliphatic rings. The molecular formula is C12H21BrF2O. The lowest BCUT2D eigenvalue weighted by Crippen LogP contribution is -2.48. The molecule has 4 heteroatoms. The minimum atomic E-state index is -3.17. The summed E-state index contributed by atoms with van der Waals surface area (Å²) in [5.41, 5.74) is -1.67. The molecule has 0 spiro atoms. The van der Waals surface area contributed by atoms with E-state index >= 15 is 0 Å². The molecule has 96 valence electrons. The fraction of sp³-hybridized carbons (Fsp3) is 1.00. The highest BCUT2D eigenvalue weighted by molar-refractivity contribution is 9.10. The first-order chi connectivity index (χ1) is 7.12. The van der Waals surface area contributed by atoms with Crippen LogP contribution < -0.4 is 0 Å². The second kappa shape index (κ2) is 4.52. The van der Waals surface area contributed by atoms with Crippen LogP contribution in [0.15, 0.2) is 0 Å². The Hall–Kier alpha value is 0.300. The zero-order valence-corrected chi connectivity index (χ0v) is 11.8. The van der Waals surface area contributed by atoms with Crippen molar-refractivity contribution in [3.05, 3.63) is 0 Å². The Bertz CT molecular complexity index is 240. The van der Waals surface area contributed by atoms with Crippen LogP contribution in [-0.2, 0) is 0 Å². The summed E-state index contributed by atoms with van der Waals surface area (Å²) in [7, 11) is 0. The molecule has 1 rings (SSSR count). The number of rotatable bonds is 3. The van der Waals surface area contributed by atoms with Crippen LogP contribution in [0, 0.1) is 11.3 Å². The van der Waals surface area contributed by atoms with E-state index in [1.165, 1.54) is 0 Å². The van der Waals surface area contributed by atoms with E-state index in [1.807, 2.05) is 0 Å². The number of aliphatic hydroxyl groups is 1. The van der Waals surface area contributed by atoms with Crippen molar-refractivity contribution in [1.29, 1.82) is 0 Å². The first-order valence-electron chi connectivity index (χ1n) is 5.91. The van der Waals surface area contributed by atoms with E-state index in [1.54, 1.807) is 0 Å². The van der Waals surface area contributed by atoms with Crippen LogP contribution in [0.1, 0.15) is 52.9 Å². The van der Waals surface area contributed by atoms with Crippen molar-refractivity contribution >= 4 is 15.9 Å². The molecule has 0 unspecified atom stereocenters. The summed E-state index contributed by atoms with van der Waals surface area (Å²) in [4.78, 5) is -3.17. The Morgan fingerprint density at radius 1 is 1.31 bits per heavy atom. The molecule has 0 radical (unpaired) electrons. The average Bonchev–Trinajstić information content (AvgIpc) is 2.17. The van der Waals surface area contributed by atoms with Crippen LogP contribution in [-0.4, -0.2) is 15.5 Å². The predicted octanol–water partition coefficient (Wildman–Crippen LogP) is 4.33. The fourth-order valence-electron chi connectivity index (χ4n) is 2.45. The van der Waals surface area contributed by atoms with Gasteiger partial charge in [0.1, 0.15) is 5.60 Å². The number of hydrogen-bond donors (Lipinski definition) is 1. The van der Waals surface area contributed by atoms with Gasteiger partial charge in [0.05, 0.1) is 0 Å². The second-order valence-electron chi connectivity index (χ2n) is 5.65. The standard InChI is InChI=1S/C12H21BrF2O/c1-4-10(2,3)9-5-7-11(16,8-6-9)12(13,14)15/h9,16H,4-8H2,1-3H3. The van der Waals surface area contributed by atoms with Gasteiger partial charge >= 0.3 is 4.83 Å². The van der Waals surface area contributed by atoms with E-state index in [-0.39, 0.29) is 18.3 Å². The van der Waals surface area contributed by atoms with Crippen molar-refractivity contribution in [3.63, 3.8) is 0 Å². The highest BCUT2D eigenvalue weighted by Crippen LogP contribution is 2.49. The van der Waals surface area contributed by atoms with Gasteiger partial charge in [-0.15, -0.1) is 0 Å². The Labute approximate surface area is 105 Å². The summed E-state index contributed by atoms with van der Waals surface area (Å²) >= 11 is 2.30. The van der Waals surface area contributed by atoms with Crippen molar-refractivity contribution in [1.82, 2.24) is 0 Å². The molecule has 1 aliphatic carbocycles. The molecule has 0 saturated heterocycles. The molecular weight excluding hydrogens is 278 g/mol. The Kier molecular flexibility index (Phi) is 4.06. The van der Waals surface area contributed by atoms with Gasteiger partial charge in [0.25, 0.3) is 0 Å². The van der Waals surface area contributed by atoms with Gasteiger partial charge in [-0.05, 0) is 52.9 Å². The van der Waals surface area contributed by atoms with Crippen LogP contribution >= 0.6 is 15.9 Å². The first-order valence-corrected chi connectivity index (χ1v) is 6.71. The van der Waals surface area contributed by atoms with Gasteiger partial charge in [-0.1, -0.05) is 27.2 Å².